The van der Waals surface area contributed by atoms with Crippen LogP contribution in [-0.2, 0) is 15.6 Å². The second kappa shape index (κ2) is 12.7. The summed E-state index contributed by atoms with van der Waals surface area (Å²) in [5.74, 6) is -1.74. The van der Waals surface area contributed by atoms with Crippen LogP contribution in [0.4, 0.5) is 0 Å². The number of halogens is 2. The molecular weight excluding hydrogens is 803 g/mol. The molecule has 2 aliphatic carbocycles. The van der Waals surface area contributed by atoms with E-state index in [0.717, 1.165) is 21.8 Å². The zero-order valence-electron chi connectivity index (χ0n) is 31.4. The van der Waals surface area contributed by atoms with E-state index in [4.69, 9.17) is 27.0 Å². The van der Waals surface area contributed by atoms with Gasteiger partial charge >= 0.3 is 323 Å². The van der Waals surface area contributed by atoms with Crippen LogP contribution in [0.1, 0.15) is 29.5 Å². The van der Waals surface area contributed by atoms with E-state index in [1.54, 1.807) is 0 Å². The van der Waals surface area contributed by atoms with Crippen LogP contribution in [0.5, 0.6) is 0 Å². The summed E-state index contributed by atoms with van der Waals surface area (Å²) in [4.78, 5) is 9.77. The zero-order valence-corrected chi connectivity index (χ0v) is 38.6. The van der Waals surface area contributed by atoms with Crippen molar-refractivity contribution in [3.05, 3.63) is 142 Å². The molecule has 2 unspecified atom stereocenters. The van der Waals surface area contributed by atoms with Crippen molar-refractivity contribution < 1.29 is 15.6 Å². The molecule has 2 aromatic heterocycles. The van der Waals surface area contributed by atoms with Crippen molar-refractivity contribution in [3.8, 4) is 22.3 Å². The van der Waals surface area contributed by atoms with Gasteiger partial charge in [0.15, 0.2) is 0 Å². The van der Waals surface area contributed by atoms with Gasteiger partial charge in [0.05, 0.1) is 0 Å². The first kappa shape index (κ1) is 36.3. The molecule has 0 fully saturated rings. The Balaban J connectivity index is 1.41. The Hall–Kier alpha value is -2.71. The summed E-state index contributed by atoms with van der Waals surface area (Å²) in [6, 6.07) is 35.2. The summed E-state index contributed by atoms with van der Waals surface area (Å²) in [6.07, 6.45) is 8.90. The molecule has 4 aromatic carbocycles. The normalized spacial score (nSPS) is 18.2. The minimum atomic E-state index is -5.04. The summed E-state index contributed by atoms with van der Waals surface area (Å²) in [5, 5.41) is 5.36. The molecule has 0 saturated heterocycles. The predicted molar refractivity (Wildman–Crippen MR) is 233 cm³/mol. The predicted octanol–water partition coefficient (Wildman–Crippen LogP) is 13.4. The van der Waals surface area contributed by atoms with Crippen LogP contribution in [-0.4, -0.2) is 32.0 Å². The molecule has 0 bridgehead atoms. The fourth-order valence-corrected chi connectivity index (χ4v) is 55.9. The van der Waals surface area contributed by atoms with Gasteiger partial charge in [-0.05, 0) is 0 Å². The molecule has 0 N–H and O–H groups in total. The topological polar surface area (TPSA) is 25.8 Å². The summed E-state index contributed by atoms with van der Waals surface area (Å²) in [5.41, 5.74) is 12.2. The van der Waals surface area contributed by atoms with Crippen LogP contribution >= 0.6 is 17.0 Å². The van der Waals surface area contributed by atoms with Gasteiger partial charge in [-0.2, -0.15) is 0 Å². The molecular formula is C44H47Cl2N2Si3Zr. The molecule has 263 valence electrons. The summed E-state index contributed by atoms with van der Waals surface area (Å²) < 4.78 is 0.110. The quantitative estimate of drug-likeness (QED) is 0.150. The van der Waals surface area contributed by atoms with Crippen molar-refractivity contribution in [1.29, 1.82) is 0 Å². The first-order valence-corrected chi connectivity index (χ1v) is 41.9. The van der Waals surface area contributed by atoms with E-state index in [0.29, 0.717) is 0 Å². The van der Waals surface area contributed by atoms with E-state index in [2.05, 4.69) is 149 Å². The van der Waals surface area contributed by atoms with E-state index in [1.165, 1.54) is 54.9 Å². The average molecular weight is 850 g/mol. The molecule has 2 atom stereocenters. The first-order chi connectivity index (χ1) is 24.6. The van der Waals surface area contributed by atoms with Gasteiger partial charge in [0.25, 0.3) is 0 Å². The monoisotopic (exact) mass is 847 g/mol. The SMILES string of the molecule is C[SiH](C)[Zr]([Cl])([Cl])([CH]1C([Si](C)(C)C)=Cc2c(-c3cccc4cccnc34)cccc21)[CH]1C([Si](C)(C)C)=Cc2c(-c3cccc4cccnc34)cccc21. The third-order valence-electron chi connectivity index (χ3n) is 11.9. The van der Waals surface area contributed by atoms with Crippen LogP contribution in [0, 0.1) is 0 Å². The maximum absolute atomic E-state index is 8.96. The molecule has 0 spiro atoms. The molecule has 0 radical (unpaired) electrons. The Morgan fingerprint density at radius 3 is 1.27 bits per heavy atom. The number of allylic oxidation sites excluding steroid dienone is 2. The van der Waals surface area contributed by atoms with Crippen molar-refractivity contribution in [3.63, 3.8) is 0 Å². The number of benzene rings is 4. The van der Waals surface area contributed by atoms with Crippen LogP contribution in [0.15, 0.2) is 120 Å². The number of nitrogens with zero attached hydrogens (tertiary/aromatic N) is 2. The molecule has 0 aliphatic heterocycles. The number of para-hydroxylation sites is 2. The third kappa shape index (κ3) is 5.54. The molecule has 2 aliphatic rings. The Kier molecular flexibility index (Phi) is 8.85. The number of pyridine rings is 2. The van der Waals surface area contributed by atoms with Gasteiger partial charge in [-0.1, -0.05) is 0 Å². The first-order valence-electron chi connectivity index (χ1n) is 18.6. The molecule has 8 rings (SSSR count). The maximum atomic E-state index is 8.96. The minimum absolute atomic E-state index is 0.0552. The van der Waals surface area contributed by atoms with E-state index < -0.39 is 37.6 Å². The van der Waals surface area contributed by atoms with Crippen molar-refractivity contribution in [2.24, 2.45) is 0 Å². The number of rotatable bonds is 7. The molecule has 52 heavy (non-hydrogen) atoms. The Labute approximate surface area is 319 Å². The summed E-state index contributed by atoms with van der Waals surface area (Å²) in [6.45, 7) is 19.9. The van der Waals surface area contributed by atoms with E-state index >= 15 is 0 Å². The van der Waals surface area contributed by atoms with Crippen LogP contribution in [0.25, 0.3) is 56.2 Å². The van der Waals surface area contributed by atoms with Gasteiger partial charge in [-0.15, -0.1) is 0 Å². The van der Waals surface area contributed by atoms with Crippen molar-refractivity contribution in [2.45, 2.75) is 59.6 Å². The van der Waals surface area contributed by atoms with Gasteiger partial charge in [0.2, 0.25) is 0 Å². The molecule has 8 heteroatoms. The van der Waals surface area contributed by atoms with Crippen molar-refractivity contribution in [1.82, 2.24) is 9.97 Å². The van der Waals surface area contributed by atoms with E-state index in [1.807, 2.05) is 24.5 Å². The van der Waals surface area contributed by atoms with Gasteiger partial charge in [0, 0.05) is 0 Å². The molecule has 6 aromatic rings. The van der Waals surface area contributed by atoms with Crippen LogP contribution in [0.3, 0.4) is 0 Å². The molecule has 0 amide bonds. The number of hydrogen-bond acceptors (Lipinski definition) is 2. The van der Waals surface area contributed by atoms with Gasteiger partial charge < -0.3 is 0 Å². The summed E-state index contributed by atoms with van der Waals surface area (Å²) in [7, 11) is 14.1. The zero-order chi connectivity index (χ0) is 36.8. The third-order valence-corrected chi connectivity index (χ3v) is 69.2. The van der Waals surface area contributed by atoms with E-state index in [-0.39, 0.29) is 7.25 Å². The van der Waals surface area contributed by atoms with E-state index in [9.17, 15) is 0 Å². The summed E-state index contributed by atoms with van der Waals surface area (Å²) >= 11 is -5.04. The average Bonchev–Trinajstić information content (AvgIpc) is 3.73. The molecule has 2 heterocycles. The van der Waals surface area contributed by atoms with Crippen molar-refractivity contribution >= 4 is 73.1 Å². The van der Waals surface area contributed by atoms with Crippen LogP contribution < -0.4 is 0 Å². The number of fused-ring (bicyclic) bond motifs is 4. The molecule has 2 nitrogen and oxygen atoms in total. The standard InChI is InChI=1S/2C21H20NSi.C2H7Si.2ClH.Zr/c2*1-23(2,3)17-13-16-8-5-10-18(20(16)14-17)19-11-4-7-15-9-6-12-22-21(15)19;1-3-2;;;/h2*4-14H,1-3H3;3H,1-2H3;2*1H;/q;;;;;+2/p-2. The Bertz CT molecular complexity index is 2320. The van der Waals surface area contributed by atoms with Gasteiger partial charge in [0.1, 0.15) is 0 Å². The molecule has 0 saturated carbocycles. The fourth-order valence-electron chi connectivity index (χ4n) is 9.24. The van der Waals surface area contributed by atoms with Gasteiger partial charge in [-0.3, -0.25) is 0 Å². The van der Waals surface area contributed by atoms with Crippen LogP contribution in [0.2, 0.25) is 52.4 Å². The number of aromatic nitrogens is 2. The van der Waals surface area contributed by atoms with Crippen molar-refractivity contribution in [2.75, 3.05) is 0 Å². The second-order valence-electron chi connectivity index (χ2n) is 17.3. The Morgan fingerprint density at radius 1 is 0.519 bits per heavy atom. The number of hydrogen-bond donors (Lipinski definition) is 0. The Morgan fingerprint density at radius 2 is 0.885 bits per heavy atom. The van der Waals surface area contributed by atoms with Gasteiger partial charge in [-0.25, -0.2) is 0 Å². The fraction of sp³-hybridized carbons (Fsp3) is 0.227. The second-order valence-corrected chi connectivity index (χ2v) is 70.0.